The number of para-hydroxylation sites is 1. The summed E-state index contributed by atoms with van der Waals surface area (Å²) in [6.45, 7) is 4.97. The molecule has 0 bridgehead atoms. The van der Waals surface area contributed by atoms with E-state index in [1.807, 2.05) is 59.5 Å². The molecule has 2 unspecified atom stereocenters. The summed E-state index contributed by atoms with van der Waals surface area (Å²) in [6.07, 6.45) is 1.07. The van der Waals surface area contributed by atoms with E-state index in [9.17, 15) is 14.4 Å². The molecule has 3 N–H and O–H groups in total. The number of aromatic amines is 1. The van der Waals surface area contributed by atoms with E-state index >= 15 is 0 Å². The van der Waals surface area contributed by atoms with E-state index < -0.39 is 6.04 Å². The number of benzene rings is 2. The Morgan fingerprint density at radius 2 is 1.84 bits per heavy atom. The topological polar surface area (TPSA) is 94.3 Å². The third kappa shape index (κ3) is 4.50. The molecule has 3 amide bonds. The highest BCUT2D eigenvalue weighted by Crippen LogP contribution is 2.60. The van der Waals surface area contributed by atoms with Crippen molar-refractivity contribution in [1.82, 2.24) is 20.5 Å². The lowest BCUT2D eigenvalue weighted by Gasteiger charge is -2.28. The number of carbonyl (C=O) groups excluding carboxylic acids is 3. The Bertz CT molecular complexity index is 1440. The highest BCUT2D eigenvalue weighted by molar-refractivity contribution is 7.20. The summed E-state index contributed by atoms with van der Waals surface area (Å²) in [5, 5.41) is 7.78. The van der Waals surface area contributed by atoms with Crippen molar-refractivity contribution in [1.29, 1.82) is 0 Å². The summed E-state index contributed by atoms with van der Waals surface area (Å²) < 4.78 is 1.10. The smallest absolute Gasteiger partial charge is 0.268 e. The zero-order valence-electron chi connectivity index (χ0n) is 20.2. The predicted molar refractivity (Wildman–Crippen MR) is 148 cm³/mol. The summed E-state index contributed by atoms with van der Waals surface area (Å²) in [5.74, 6) is -0.176. The predicted octanol–water partition coefficient (Wildman–Crippen LogP) is 4.80. The van der Waals surface area contributed by atoms with E-state index in [2.05, 4.69) is 22.5 Å². The molecular formula is C29H32N4O3S. The van der Waals surface area contributed by atoms with Gasteiger partial charge in [-0.2, -0.15) is 0 Å². The second-order valence-electron chi connectivity index (χ2n) is 10.3. The van der Waals surface area contributed by atoms with Gasteiger partial charge in [-0.25, -0.2) is 0 Å². The first kappa shape index (κ1) is 25.0. The number of rotatable bonds is 6. The number of hydrogen-bond acceptors (Lipinski definition) is 4. The molecule has 4 atom stereocenters. The second-order valence-corrected chi connectivity index (χ2v) is 11.4. The zero-order valence-corrected chi connectivity index (χ0v) is 21.0. The maximum Gasteiger partial charge on any atom is 0.268 e. The van der Waals surface area contributed by atoms with Crippen LogP contribution in [0.4, 0.5) is 0 Å². The first-order valence-electron chi connectivity index (χ1n) is 12.3. The Balaban J connectivity index is 0.00000280. The van der Waals surface area contributed by atoms with Gasteiger partial charge in [0.1, 0.15) is 11.7 Å². The fraction of sp³-hybridized carbons (Fsp3) is 0.345. The Morgan fingerprint density at radius 1 is 1.11 bits per heavy atom. The molecule has 1 saturated heterocycles. The number of likely N-dealkylation sites (tertiary alicyclic amines) is 1. The lowest BCUT2D eigenvalue weighted by molar-refractivity contribution is -0.122. The average Bonchev–Trinajstić information content (AvgIpc) is 3.24. The van der Waals surface area contributed by atoms with Crippen LogP contribution < -0.4 is 10.6 Å². The van der Waals surface area contributed by atoms with Crippen LogP contribution in [0.1, 0.15) is 47.9 Å². The van der Waals surface area contributed by atoms with Crippen molar-refractivity contribution in [2.75, 3.05) is 13.1 Å². The highest BCUT2D eigenvalue weighted by atomic mass is 32.1. The fourth-order valence-electron chi connectivity index (χ4n) is 5.55. The van der Waals surface area contributed by atoms with E-state index in [1.54, 1.807) is 13.0 Å². The molecule has 192 valence electrons. The van der Waals surface area contributed by atoms with Crippen LogP contribution in [0.3, 0.4) is 0 Å². The van der Waals surface area contributed by atoms with Crippen LogP contribution in [0.2, 0.25) is 0 Å². The number of H-pyrrole nitrogens is 1. The van der Waals surface area contributed by atoms with Gasteiger partial charge in [0.2, 0.25) is 5.91 Å². The second kappa shape index (κ2) is 9.34. The third-order valence-electron chi connectivity index (χ3n) is 7.72. The number of aromatic nitrogens is 1. The van der Waals surface area contributed by atoms with Gasteiger partial charge in [0.05, 0.1) is 10.9 Å². The summed E-state index contributed by atoms with van der Waals surface area (Å²) in [4.78, 5) is 44.8. The molecule has 0 radical (unpaired) electrons. The van der Waals surface area contributed by atoms with Crippen molar-refractivity contribution in [2.45, 2.75) is 39.8 Å². The molecule has 8 heteroatoms. The molecule has 0 spiro atoms. The Labute approximate surface area is 220 Å². The molecule has 1 aliphatic carbocycles. The van der Waals surface area contributed by atoms with Crippen molar-refractivity contribution >= 4 is 50.0 Å². The third-order valence-corrected chi connectivity index (χ3v) is 8.82. The normalized spacial score (nSPS) is 22.8. The molecule has 4 aromatic rings. The number of amides is 3. The summed E-state index contributed by atoms with van der Waals surface area (Å²) in [7, 11) is 0. The summed E-state index contributed by atoms with van der Waals surface area (Å²) in [5.41, 5.74) is 1.41. The number of piperidine rings is 1. The van der Waals surface area contributed by atoms with E-state index in [-0.39, 0.29) is 36.6 Å². The minimum absolute atomic E-state index is 0. The minimum atomic E-state index is -0.706. The Hall–Kier alpha value is -3.65. The van der Waals surface area contributed by atoms with Crippen molar-refractivity contribution in [2.24, 2.45) is 11.3 Å². The van der Waals surface area contributed by atoms with Crippen molar-refractivity contribution < 1.29 is 14.4 Å². The maximum atomic E-state index is 13.5. The van der Waals surface area contributed by atoms with Gasteiger partial charge < -0.3 is 20.5 Å². The van der Waals surface area contributed by atoms with Crippen LogP contribution in [0, 0.1) is 11.3 Å². The molecule has 3 heterocycles. The van der Waals surface area contributed by atoms with Gasteiger partial charge in [-0.3, -0.25) is 14.4 Å². The minimum Gasteiger partial charge on any atom is -0.352 e. The standard InChI is InChI=1S/C28H28N4O3S.CH4/c1-16(30-26(34)21-11-17-7-3-5-9-20(17)31-21)25(33)29-14-22-19-13-28(19,2)15-32(22)27(35)24-12-18-8-4-6-10-23(18)36-24;/h3-12,16,19,22,31H,13-15H2,1-2H3,(H,29,33)(H,30,34);1H4/t16-,19?,22?,28-;/m0./s1. The van der Waals surface area contributed by atoms with Gasteiger partial charge in [-0.05, 0) is 54.3 Å². The molecule has 2 fully saturated rings. The number of hydrogen-bond donors (Lipinski definition) is 3. The molecule has 2 aliphatic rings. The van der Waals surface area contributed by atoms with Crippen molar-refractivity contribution in [3.8, 4) is 0 Å². The molecule has 6 rings (SSSR count). The summed E-state index contributed by atoms with van der Waals surface area (Å²) in [6, 6.07) is 18.6. The van der Waals surface area contributed by atoms with E-state index in [4.69, 9.17) is 0 Å². The van der Waals surface area contributed by atoms with Crippen LogP contribution in [0.15, 0.2) is 60.7 Å². The first-order chi connectivity index (χ1) is 17.3. The number of nitrogens with one attached hydrogen (secondary N) is 3. The number of thiophene rings is 1. The van der Waals surface area contributed by atoms with Crippen molar-refractivity contribution in [3.63, 3.8) is 0 Å². The molecule has 2 aromatic carbocycles. The van der Waals surface area contributed by atoms with Crippen LogP contribution in [0.5, 0.6) is 0 Å². The lowest BCUT2D eigenvalue weighted by atomic mass is 10.1. The molecule has 1 aliphatic heterocycles. The largest absolute Gasteiger partial charge is 0.352 e. The lowest BCUT2D eigenvalue weighted by Crippen LogP contribution is -2.50. The molecular weight excluding hydrogens is 484 g/mol. The number of nitrogens with zero attached hydrogens (tertiary/aromatic N) is 1. The van der Waals surface area contributed by atoms with Gasteiger partial charge >= 0.3 is 0 Å². The molecule has 1 saturated carbocycles. The summed E-state index contributed by atoms with van der Waals surface area (Å²) >= 11 is 1.52. The average molecular weight is 517 g/mol. The SMILES string of the molecule is C.C[C@H](NC(=O)c1cc2ccccc2[nH]1)C(=O)NCC1C2C[C@@]2(C)CN1C(=O)c1cc2ccccc2s1. The van der Waals surface area contributed by atoms with Crippen LogP contribution >= 0.6 is 11.3 Å². The van der Waals surface area contributed by atoms with Gasteiger partial charge in [-0.15, -0.1) is 11.3 Å². The quantitative estimate of drug-likeness (QED) is 0.344. The van der Waals surface area contributed by atoms with Crippen LogP contribution in [-0.4, -0.2) is 52.8 Å². The van der Waals surface area contributed by atoms with E-state index in [0.717, 1.165) is 32.3 Å². The Kier molecular flexibility index (Phi) is 6.31. The van der Waals surface area contributed by atoms with Gasteiger partial charge in [0.25, 0.3) is 11.8 Å². The van der Waals surface area contributed by atoms with Crippen molar-refractivity contribution in [3.05, 3.63) is 71.2 Å². The van der Waals surface area contributed by atoms with E-state index in [1.165, 1.54) is 11.3 Å². The van der Waals surface area contributed by atoms with Gasteiger partial charge in [-0.1, -0.05) is 50.7 Å². The zero-order chi connectivity index (χ0) is 25.0. The molecule has 37 heavy (non-hydrogen) atoms. The monoisotopic (exact) mass is 516 g/mol. The van der Waals surface area contributed by atoms with Gasteiger partial charge in [0.15, 0.2) is 0 Å². The molecule has 7 nitrogen and oxygen atoms in total. The number of carbonyl (C=O) groups is 3. The number of fused-ring (bicyclic) bond motifs is 3. The van der Waals surface area contributed by atoms with Gasteiger partial charge in [0, 0.05) is 28.7 Å². The maximum absolute atomic E-state index is 13.5. The Morgan fingerprint density at radius 3 is 2.59 bits per heavy atom. The van der Waals surface area contributed by atoms with E-state index in [0.29, 0.717) is 24.7 Å². The van der Waals surface area contributed by atoms with Crippen LogP contribution in [-0.2, 0) is 4.79 Å². The van der Waals surface area contributed by atoms with Crippen LogP contribution in [0.25, 0.3) is 21.0 Å². The highest BCUT2D eigenvalue weighted by Gasteiger charge is 2.62. The first-order valence-corrected chi connectivity index (χ1v) is 13.1. The molecule has 2 aromatic heterocycles. The fourth-order valence-corrected chi connectivity index (χ4v) is 6.57.